The third-order valence-corrected chi connectivity index (χ3v) is 4.11. The minimum Gasteiger partial charge on any atom is -0.396 e. The van der Waals surface area contributed by atoms with Gasteiger partial charge >= 0.3 is 0 Å². The van der Waals surface area contributed by atoms with Gasteiger partial charge in [0.25, 0.3) is 5.69 Å². The van der Waals surface area contributed by atoms with E-state index in [1.165, 1.54) is 6.07 Å². The van der Waals surface area contributed by atoms with Gasteiger partial charge in [-0.2, -0.15) is 0 Å². The molecule has 0 saturated carbocycles. The molecule has 1 atom stereocenters. The molecule has 3 aromatic rings. The summed E-state index contributed by atoms with van der Waals surface area (Å²) in [6.07, 6.45) is 0. The van der Waals surface area contributed by atoms with Crippen LogP contribution in [0.15, 0.2) is 60.7 Å². The fourth-order valence-corrected chi connectivity index (χ4v) is 2.76. The number of rotatable bonds is 4. The molecule has 3 rings (SSSR count). The zero-order valence-electron chi connectivity index (χ0n) is 12.8. The normalized spacial score (nSPS) is 12.3. The summed E-state index contributed by atoms with van der Waals surface area (Å²) in [5.41, 5.74) is 2.53. The summed E-state index contributed by atoms with van der Waals surface area (Å²) in [6, 6.07) is 19.3. The molecule has 1 unspecified atom stereocenters. The fourth-order valence-electron chi connectivity index (χ4n) is 2.76. The Bertz CT molecular complexity index is 873. The molecule has 0 heterocycles. The van der Waals surface area contributed by atoms with Crippen LogP contribution in [0.3, 0.4) is 0 Å². The van der Waals surface area contributed by atoms with Crippen molar-refractivity contribution in [3.05, 3.63) is 76.3 Å². The van der Waals surface area contributed by atoms with E-state index in [1.807, 2.05) is 42.5 Å². The number of nitro groups is 1. The molecule has 0 saturated heterocycles. The van der Waals surface area contributed by atoms with Crippen molar-refractivity contribution >= 4 is 16.5 Å². The van der Waals surface area contributed by atoms with Crippen LogP contribution in [0.4, 0.5) is 5.69 Å². The lowest BCUT2D eigenvalue weighted by molar-refractivity contribution is -0.385. The standard InChI is InChI=1S/C19H17NO3/c1-13(12-21)18-11-17(8-9-19(18)20(22)23)16-7-6-14-4-2-3-5-15(14)10-16/h2-11,13,21H,12H2,1H3. The van der Waals surface area contributed by atoms with Crippen LogP contribution >= 0.6 is 0 Å². The second-order valence-corrected chi connectivity index (χ2v) is 5.68. The van der Waals surface area contributed by atoms with Crippen LogP contribution in [-0.2, 0) is 0 Å². The van der Waals surface area contributed by atoms with Gasteiger partial charge in [0.1, 0.15) is 0 Å². The first kappa shape index (κ1) is 15.2. The topological polar surface area (TPSA) is 63.4 Å². The van der Waals surface area contributed by atoms with Gasteiger partial charge in [0, 0.05) is 24.2 Å². The zero-order chi connectivity index (χ0) is 16.4. The lowest BCUT2D eigenvalue weighted by Gasteiger charge is -2.12. The number of benzene rings is 3. The van der Waals surface area contributed by atoms with Gasteiger partial charge in [-0.05, 0) is 40.1 Å². The average molecular weight is 307 g/mol. The third-order valence-electron chi connectivity index (χ3n) is 4.11. The van der Waals surface area contributed by atoms with Crippen LogP contribution in [0.2, 0.25) is 0 Å². The van der Waals surface area contributed by atoms with Crippen LogP contribution < -0.4 is 0 Å². The number of nitro benzene ring substituents is 1. The lowest BCUT2D eigenvalue weighted by atomic mass is 9.94. The van der Waals surface area contributed by atoms with Crippen LogP contribution in [0, 0.1) is 10.1 Å². The van der Waals surface area contributed by atoms with Gasteiger partial charge in [-0.15, -0.1) is 0 Å². The van der Waals surface area contributed by atoms with E-state index in [9.17, 15) is 15.2 Å². The molecular formula is C19H17NO3. The highest BCUT2D eigenvalue weighted by Crippen LogP contribution is 2.32. The van der Waals surface area contributed by atoms with Crippen molar-refractivity contribution in [3.63, 3.8) is 0 Å². The highest BCUT2D eigenvalue weighted by molar-refractivity contribution is 5.87. The number of fused-ring (bicyclic) bond motifs is 1. The van der Waals surface area contributed by atoms with Gasteiger partial charge < -0.3 is 5.11 Å². The summed E-state index contributed by atoms with van der Waals surface area (Å²) in [4.78, 5) is 10.8. The summed E-state index contributed by atoms with van der Waals surface area (Å²) in [6.45, 7) is 1.66. The number of nitrogens with zero attached hydrogens (tertiary/aromatic N) is 1. The van der Waals surface area contributed by atoms with E-state index in [0.717, 1.165) is 21.9 Å². The Kier molecular flexibility index (Phi) is 4.08. The summed E-state index contributed by atoms with van der Waals surface area (Å²) in [7, 11) is 0. The molecule has 116 valence electrons. The summed E-state index contributed by atoms with van der Waals surface area (Å²) >= 11 is 0. The van der Waals surface area contributed by atoms with E-state index in [0.29, 0.717) is 5.56 Å². The third kappa shape index (κ3) is 2.94. The second kappa shape index (κ2) is 6.18. The average Bonchev–Trinajstić information content (AvgIpc) is 2.60. The maximum absolute atomic E-state index is 11.2. The lowest BCUT2D eigenvalue weighted by Crippen LogP contribution is -2.03. The molecule has 0 amide bonds. The zero-order valence-corrected chi connectivity index (χ0v) is 12.8. The molecule has 0 fully saturated rings. The molecule has 0 spiro atoms. The fraction of sp³-hybridized carbons (Fsp3) is 0.158. The van der Waals surface area contributed by atoms with Crippen molar-refractivity contribution < 1.29 is 10.0 Å². The molecule has 4 heteroatoms. The van der Waals surface area contributed by atoms with Gasteiger partial charge in [0.05, 0.1) is 4.92 Å². The van der Waals surface area contributed by atoms with Crippen LogP contribution in [-0.4, -0.2) is 16.6 Å². The SMILES string of the molecule is CC(CO)c1cc(-c2ccc3ccccc3c2)ccc1[N+](=O)[O-]. The molecule has 0 radical (unpaired) electrons. The Balaban J connectivity index is 2.12. The van der Waals surface area contributed by atoms with E-state index >= 15 is 0 Å². The smallest absolute Gasteiger partial charge is 0.272 e. The first-order chi connectivity index (χ1) is 11.1. The van der Waals surface area contributed by atoms with E-state index in [4.69, 9.17) is 0 Å². The van der Waals surface area contributed by atoms with Gasteiger partial charge in [-0.1, -0.05) is 43.3 Å². The van der Waals surface area contributed by atoms with Gasteiger partial charge in [-0.3, -0.25) is 10.1 Å². The van der Waals surface area contributed by atoms with Crippen molar-refractivity contribution in [2.24, 2.45) is 0 Å². The molecule has 23 heavy (non-hydrogen) atoms. The number of aliphatic hydroxyl groups is 1. The molecular weight excluding hydrogens is 290 g/mol. The van der Waals surface area contributed by atoms with Crippen LogP contribution in [0.5, 0.6) is 0 Å². The molecule has 0 aliphatic carbocycles. The van der Waals surface area contributed by atoms with Crippen LogP contribution in [0.25, 0.3) is 21.9 Å². The Morgan fingerprint density at radius 1 is 1.00 bits per heavy atom. The first-order valence-electron chi connectivity index (χ1n) is 7.48. The van der Waals surface area contributed by atoms with Gasteiger partial charge in [0.15, 0.2) is 0 Å². The highest BCUT2D eigenvalue weighted by atomic mass is 16.6. The number of hydrogen-bond donors (Lipinski definition) is 1. The molecule has 1 N–H and O–H groups in total. The Labute approximate surface area is 134 Å². The minimum absolute atomic E-state index is 0.0519. The quantitative estimate of drug-likeness (QED) is 0.569. The molecule has 0 bridgehead atoms. The molecule has 0 aliphatic heterocycles. The van der Waals surface area contributed by atoms with Crippen molar-refractivity contribution in [2.45, 2.75) is 12.8 Å². The predicted octanol–water partition coefficient (Wildman–Crippen LogP) is 4.51. The monoisotopic (exact) mass is 307 g/mol. The van der Waals surface area contributed by atoms with E-state index < -0.39 is 4.92 Å². The molecule has 4 nitrogen and oxygen atoms in total. The van der Waals surface area contributed by atoms with E-state index in [2.05, 4.69) is 6.07 Å². The minimum atomic E-state index is -0.397. The molecule has 0 aromatic heterocycles. The van der Waals surface area contributed by atoms with Gasteiger partial charge in [0.2, 0.25) is 0 Å². The largest absolute Gasteiger partial charge is 0.396 e. The maximum Gasteiger partial charge on any atom is 0.272 e. The summed E-state index contributed by atoms with van der Waals surface area (Å²) in [5.74, 6) is -0.282. The summed E-state index contributed by atoms with van der Waals surface area (Å²) in [5, 5.41) is 22.8. The predicted molar refractivity (Wildman–Crippen MR) is 91.5 cm³/mol. The van der Waals surface area contributed by atoms with E-state index in [1.54, 1.807) is 13.0 Å². The van der Waals surface area contributed by atoms with E-state index in [-0.39, 0.29) is 18.2 Å². The Morgan fingerprint density at radius 3 is 2.35 bits per heavy atom. The second-order valence-electron chi connectivity index (χ2n) is 5.68. The Morgan fingerprint density at radius 2 is 1.65 bits per heavy atom. The van der Waals surface area contributed by atoms with Crippen molar-refractivity contribution in [1.82, 2.24) is 0 Å². The van der Waals surface area contributed by atoms with Crippen molar-refractivity contribution in [2.75, 3.05) is 6.61 Å². The van der Waals surface area contributed by atoms with Crippen molar-refractivity contribution in [3.8, 4) is 11.1 Å². The maximum atomic E-state index is 11.2. The number of hydrogen-bond acceptors (Lipinski definition) is 3. The van der Waals surface area contributed by atoms with Gasteiger partial charge in [-0.25, -0.2) is 0 Å². The molecule has 0 aliphatic rings. The highest BCUT2D eigenvalue weighted by Gasteiger charge is 2.19. The molecule has 3 aromatic carbocycles. The van der Waals surface area contributed by atoms with Crippen molar-refractivity contribution in [1.29, 1.82) is 0 Å². The first-order valence-corrected chi connectivity index (χ1v) is 7.48. The summed E-state index contributed by atoms with van der Waals surface area (Å²) < 4.78 is 0. The van der Waals surface area contributed by atoms with Crippen LogP contribution in [0.1, 0.15) is 18.4 Å². The number of aliphatic hydroxyl groups excluding tert-OH is 1. The Hall–Kier alpha value is -2.72.